The van der Waals surface area contributed by atoms with Gasteiger partial charge in [-0.1, -0.05) is 11.6 Å². The Balaban J connectivity index is 2.45. The van der Waals surface area contributed by atoms with Gasteiger partial charge >= 0.3 is 5.97 Å². The molecule has 1 aromatic rings. The highest BCUT2D eigenvalue weighted by Crippen LogP contribution is 2.18. The first kappa shape index (κ1) is 13.8. The normalized spacial score (nSPS) is 10.0. The van der Waals surface area contributed by atoms with Gasteiger partial charge in [0.2, 0.25) is 5.91 Å². The van der Waals surface area contributed by atoms with Crippen LogP contribution in [0.4, 0.5) is 10.1 Å². The summed E-state index contributed by atoms with van der Waals surface area (Å²) in [5, 5.41) is 10.8. The standard InChI is InChI=1S/C10H9ClFNO3S/c11-7-2-1-6(3-8(7)12)13-9(14)4-17-5-10(15)16/h1-3H,4-5H2,(H,13,14)(H,15,16). The van der Waals surface area contributed by atoms with Gasteiger partial charge in [-0.05, 0) is 18.2 Å². The predicted octanol–water partition coefficient (Wildman–Crippen LogP) is 2.24. The Bertz CT molecular complexity index is 442. The second-order valence-electron chi connectivity index (χ2n) is 3.06. The SMILES string of the molecule is O=C(O)CSCC(=O)Nc1ccc(Cl)c(F)c1. The zero-order valence-electron chi connectivity index (χ0n) is 8.57. The maximum Gasteiger partial charge on any atom is 0.313 e. The van der Waals surface area contributed by atoms with E-state index in [-0.39, 0.29) is 22.2 Å². The summed E-state index contributed by atoms with van der Waals surface area (Å²) in [6, 6.07) is 3.89. The monoisotopic (exact) mass is 277 g/mol. The van der Waals surface area contributed by atoms with Crippen molar-refractivity contribution in [3.8, 4) is 0 Å². The number of carboxylic acid groups (broad SMARTS) is 1. The molecule has 0 radical (unpaired) electrons. The summed E-state index contributed by atoms with van der Waals surface area (Å²) in [7, 11) is 0. The van der Waals surface area contributed by atoms with E-state index < -0.39 is 17.7 Å². The highest BCUT2D eigenvalue weighted by atomic mass is 35.5. The minimum atomic E-state index is -0.986. The first-order chi connectivity index (χ1) is 7.99. The van der Waals surface area contributed by atoms with Crippen LogP contribution in [0, 0.1) is 5.82 Å². The van der Waals surface area contributed by atoms with Gasteiger partial charge in [0.1, 0.15) is 5.82 Å². The summed E-state index contributed by atoms with van der Waals surface area (Å²) in [6.07, 6.45) is 0. The van der Waals surface area contributed by atoms with E-state index in [1.807, 2.05) is 0 Å². The van der Waals surface area contributed by atoms with Crippen LogP contribution >= 0.6 is 23.4 Å². The molecule has 7 heteroatoms. The molecule has 4 nitrogen and oxygen atoms in total. The average molecular weight is 278 g/mol. The second kappa shape index (κ2) is 6.46. The first-order valence-corrected chi connectivity index (χ1v) is 6.06. The molecule has 0 heterocycles. The van der Waals surface area contributed by atoms with Gasteiger partial charge in [0.15, 0.2) is 0 Å². The summed E-state index contributed by atoms with van der Waals surface area (Å²) in [4.78, 5) is 21.5. The number of rotatable bonds is 5. The molecular formula is C10H9ClFNO3S. The van der Waals surface area contributed by atoms with Gasteiger partial charge in [0, 0.05) is 5.69 Å². The number of benzene rings is 1. The molecule has 0 aromatic heterocycles. The van der Waals surface area contributed by atoms with Crippen molar-refractivity contribution in [2.24, 2.45) is 0 Å². The number of carbonyl (C=O) groups is 2. The van der Waals surface area contributed by atoms with Crippen LogP contribution in [0.2, 0.25) is 5.02 Å². The number of thioether (sulfide) groups is 1. The van der Waals surface area contributed by atoms with Crippen LogP contribution in [0.5, 0.6) is 0 Å². The molecule has 1 amide bonds. The number of amides is 1. The number of aliphatic carboxylic acids is 1. The van der Waals surface area contributed by atoms with E-state index in [1.165, 1.54) is 12.1 Å². The van der Waals surface area contributed by atoms with Crippen LogP contribution < -0.4 is 5.32 Å². The molecule has 0 aliphatic carbocycles. The third kappa shape index (κ3) is 5.06. The average Bonchev–Trinajstić information content (AvgIpc) is 2.23. The van der Waals surface area contributed by atoms with Gasteiger partial charge in [-0.3, -0.25) is 9.59 Å². The van der Waals surface area contributed by atoms with Crippen molar-refractivity contribution in [2.75, 3.05) is 16.8 Å². The van der Waals surface area contributed by atoms with Gasteiger partial charge in [-0.25, -0.2) is 4.39 Å². The van der Waals surface area contributed by atoms with Crippen molar-refractivity contribution in [1.82, 2.24) is 0 Å². The van der Waals surface area contributed by atoms with E-state index in [0.717, 1.165) is 17.8 Å². The fraction of sp³-hybridized carbons (Fsp3) is 0.200. The maximum absolute atomic E-state index is 13.0. The number of carbonyl (C=O) groups excluding carboxylic acids is 1. The molecule has 0 saturated carbocycles. The van der Waals surface area contributed by atoms with E-state index in [2.05, 4.69) is 5.32 Å². The third-order valence-corrected chi connectivity index (χ3v) is 2.89. The molecule has 2 N–H and O–H groups in total. The van der Waals surface area contributed by atoms with E-state index in [4.69, 9.17) is 16.7 Å². The van der Waals surface area contributed by atoms with E-state index in [1.54, 1.807) is 0 Å². The fourth-order valence-corrected chi connectivity index (χ4v) is 1.65. The topological polar surface area (TPSA) is 66.4 Å². The number of nitrogens with one attached hydrogen (secondary N) is 1. The number of halogens is 2. The summed E-state index contributed by atoms with van der Waals surface area (Å²) < 4.78 is 13.0. The van der Waals surface area contributed by atoms with Gasteiger partial charge in [0.25, 0.3) is 0 Å². The van der Waals surface area contributed by atoms with E-state index in [9.17, 15) is 14.0 Å². The molecular weight excluding hydrogens is 269 g/mol. The highest BCUT2D eigenvalue weighted by molar-refractivity contribution is 8.00. The second-order valence-corrected chi connectivity index (χ2v) is 4.46. The number of hydrogen-bond acceptors (Lipinski definition) is 3. The summed E-state index contributed by atoms with van der Waals surface area (Å²) in [5.74, 6) is -2.15. The van der Waals surface area contributed by atoms with Crippen molar-refractivity contribution >= 4 is 40.9 Å². The summed E-state index contributed by atoms with van der Waals surface area (Å²) >= 11 is 6.44. The van der Waals surface area contributed by atoms with Crippen molar-refractivity contribution < 1.29 is 19.1 Å². The number of anilines is 1. The third-order valence-electron chi connectivity index (χ3n) is 1.66. The molecule has 17 heavy (non-hydrogen) atoms. The number of carboxylic acids is 1. The largest absolute Gasteiger partial charge is 0.481 e. The maximum atomic E-state index is 13.0. The Labute approximate surface area is 106 Å². The lowest BCUT2D eigenvalue weighted by Crippen LogP contribution is -2.15. The summed E-state index contributed by atoms with van der Waals surface area (Å²) in [5.41, 5.74) is 0.285. The molecule has 0 aliphatic rings. The lowest BCUT2D eigenvalue weighted by Gasteiger charge is -2.05. The van der Waals surface area contributed by atoms with Crippen molar-refractivity contribution in [3.05, 3.63) is 29.0 Å². The molecule has 0 fully saturated rings. The Morgan fingerprint density at radius 2 is 2.12 bits per heavy atom. The van der Waals surface area contributed by atoms with E-state index >= 15 is 0 Å². The molecule has 0 aliphatic heterocycles. The first-order valence-electron chi connectivity index (χ1n) is 4.53. The lowest BCUT2D eigenvalue weighted by atomic mass is 10.3. The van der Waals surface area contributed by atoms with Crippen molar-refractivity contribution in [3.63, 3.8) is 0 Å². The molecule has 0 atom stereocenters. The number of hydrogen-bond donors (Lipinski definition) is 2. The molecule has 0 unspecified atom stereocenters. The van der Waals surface area contributed by atoms with Crippen LogP contribution in [0.3, 0.4) is 0 Å². The minimum Gasteiger partial charge on any atom is -0.481 e. The molecule has 1 aromatic carbocycles. The molecule has 0 bridgehead atoms. The summed E-state index contributed by atoms with van der Waals surface area (Å²) in [6.45, 7) is 0. The molecule has 0 spiro atoms. The zero-order chi connectivity index (χ0) is 12.8. The lowest BCUT2D eigenvalue weighted by molar-refractivity contribution is -0.133. The Morgan fingerprint density at radius 3 is 2.71 bits per heavy atom. The smallest absolute Gasteiger partial charge is 0.313 e. The minimum absolute atomic E-state index is 0.00343. The Kier molecular flexibility index (Phi) is 5.24. The van der Waals surface area contributed by atoms with Crippen LogP contribution in [0.25, 0.3) is 0 Å². The zero-order valence-corrected chi connectivity index (χ0v) is 10.1. The van der Waals surface area contributed by atoms with Crippen LogP contribution in [-0.2, 0) is 9.59 Å². The highest BCUT2D eigenvalue weighted by Gasteiger charge is 2.06. The van der Waals surface area contributed by atoms with Gasteiger partial charge in [-0.15, -0.1) is 11.8 Å². The fourth-order valence-electron chi connectivity index (χ4n) is 1.00. The quantitative estimate of drug-likeness (QED) is 0.866. The van der Waals surface area contributed by atoms with Crippen molar-refractivity contribution in [2.45, 2.75) is 0 Å². The molecule has 1 rings (SSSR count). The molecule has 0 saturated heterocycles. The van der Waals surface area contributed by atoms with Gasteiger partial charge < -0.3 is 10.4 Å². The van der Waals surface area contributed by atoms with Crippen LogP contribution in [0.1, 0.15) is 0 Å². The molecule has 92 valence electrons. The Morgan fingerprint density at radius 1 is 1.41 bits per heavy atom. The Hall–Kier alpha value is -1.27. The predicted molar refractivity (Wildman–Crippen MR) is 65.0 cm³/mol. The van der Waals surface area contributed by atoms with Crippen molar-refractivity contribution in [1.29, 1.82) is 0 Å². The van der Waals surface area contributed by atoms with Gasteiger partial charge in [0.05, 0.1) is 16.5 Å². The van der Waals surface area contributed by atoms with E-state index in [0.29, 0.717) is 0 Å². The van der Waals surface area contributed by atoms with Crippen LogP contribution in [-0.4, -0.2) is 28.5 Å². The van der Waals surface area contributed by atoms with Crippen LogP contribution in [0.15, 0.2) is 18.2 Å². The van der Waals surface area contributed by atoms with Gasteiger partial charge in [-0.2, -0.15) is 0 Å².